The summed E-state index contributed by atoms with van der Waals surface area (Å²) < 4.78 is 1.88. The molecule has 0 amide bonds. The van der Waals surface area contributed by atoms with Crippen LogP contribution < -0.4 is 0 Å². The molecule has 1 aliphatic rings. The first-order valence-corrected chi connectivity index (χ1v) is 6.92. The van der Waals surface area contributed by atoms with Crippen LogP contribution in [0.2, 0.25) is 0 Å². The molecule has 0 spiro atoms. The normalized spacial score (nSPS) is 16.0. The smallest absolute Gasteiger partial charge is 0.121 e. The number of para-hydroxylation sites is 2. The van der Waals surface area contributed by atoms with Gasteiger partial charge in [0.2, 0.25) is 0 Å². The molecular formula is C15H14N6. The standard InChI is InChI=1S/C15H14N6/c16-5-11-6-17-21(7-11)12-8-20(9-12)10-15-18-13-3-1-2-4-14(13)19-15/h1-4,6-7,12H,8-10H2,(H,18,19). The molecule has 21 heavy (non-hydrogen) atoms. The maximum Gasteiger partial charge on any atom is 0.121 e. The van der Waals surface area contributed by atoms with Crippen LogP contribution >= 0.6 is 0 Å². The van der Waals surface area contributed by atoms with Crippen molar-refractivity contribution in [3.8, 4) is 6.07 Å². The fourth-order valence-electron chi connectivity index (χ4n) is 2.73. The fraction of sp³-hybridized carbons (Fsp3) is 0.267. The van der Waals surface area contributed by atoms with Gasteiger partial charge in [-0.2, -0.15) is 10.4 Å². The van der Waals surface area contributed by atoms with Gasteiger partial charge in [-0.15, -0.1) is 0 Å². The van der Waals surface area contributed by atoms with E-state index < -0.39 is 0 Å². The number of likely N-dealkylation sites (tertiary alicyclic amines) is 1. The Hall–Kier alpha value is -2.65. The van der Waals surface area contributed by atoms with Gasteiger partial charge in [0.1, 0.15) is 11.9 Å². The topological polar surface area (TPSA) is 73.5 Å². The molecule has 1 fully saturated rings. The van der Waals surface area contributed by atoms with Gasteiger partial charge in [0.25, 0.3) is 0 Å². The van der Waals surface area contributed by atoms with E-state index in [2.05, 4.69) is 26.0 Å². The van der Waals surface area contributed by atoms with Crippen LogP contribution in [0, 0.1) is 11.3 Å². The highest BCUT2D eigenvalue weighted by molar-refractivity contribution is 5.74. The molecule has 2 aromatic heterocycles. The monoisotopic (exact) mass is 278 g/mol. The van der Waals surface area contributed by atoms with Crippen LogP contribution in [0.4, 0.5) is 0 Å². The van der Waals surface area contributed by atoms with Crippen LogP contribution in [0.3, 0.4) is 0 Å². The molecule has 0 radical (unpaired) electrons. The van der Waals surface area contributed by atoms with Crippen molar-refractivity contribution in [2.45, 2.75) is 12.6 Å². The first-order valence-electron chi connectivity index (χ1n) is 6.92. The average molecular weight is 278 g/mol. The predicted molar refractivity (Wildman–Crippen MR) is 77.3 cm³/mol. The zero-order chi connectivity index (χ0) is 14.2. The number of nitrogens with one attached hydrogen (secondary N) is 1. The lowest BCUT2D eigenvalue weighted by Crippen LogP contribution is -2.47. The molecule has 6 nitrogen and oxygen atoms in total. The minimum absolute atomic E-state index is 0.358. The van der Waals surface area contributed by atoms with Crippen LogP contribution in [0.15, 0.2) is 36.7 Å². The highest BCUT2D eigenvalue weighted by atomic mass is 15.4. The average Bonchev–Trinajstić information content (AvgIpc) is 3.08. The molecule has 1 N–H and O–H groups in total. The van der Waals surface area contributed by atoms with Crippen molar-refractivity contribution in [3.05, 3.63) is 48.0 Å². The van der Waals surface area contributed by atoms with Gasteiger partial charge in [0.15, 0.2) is 0 Å². The van der Waals surface area contributed by atoms with E-state index in [4.69, 9.17) is 5.26 Å². The molecule has 6 heteroatoms. The summed E-state index contributed by atoms with van der Waals surface area (Å²) in [5.74, 6) is 0.993. The van der Waals surface area contributed by atoms with E-state index in [-0.39, 0.29) is 0 Å². The van der Waals surface area contributed by atoms with Crippen molar-refractivity contribution in [2.24, 2.45) is 0 Å². The van der Waals surface area contributed by atoms with E-state index in [0.29, 0.717) is 11.6 Å². The van der Waals surface area contributed by atoms with E-state index >= 15 is 0 Å². The summed E-state index contributed by atoms with van der Waals surface area (Å²) in [6.45, 7) is 2.69. The lowest BCUT2D eigenvalue weighted by atomic mass is 10.1. The lowest BCUT2D eigenvalue weighted by molar-refractivity contribution is 0.0884. The van der Waals surface area contributed by atoms with E-state index in [0.717, 1.165) is 36.5 Å². The van der Waals surface area contributed by atoms with E-state index in [1.807, 2.05) is 35.1 Å². The van der Waals surface area contributed by atoms with Gasteiger partial charge in [0.05, 0.1) is 35.4 Å². The van der Waals surface area contributed by atoms with Crippen molar-refractivity contribution >= 4 is 11.0 Å². The number of imidazole rings is 1. The zero-order valence-electron chi connectivity index (χ0n) is 11.4. The van der Waals surface area contributed by atoms with Gasteiger partial charge >= 0.3 is 0 Å². The summed E-state index contributed by atoms with van der Waals surface area (Å²) in [5, 5.41) is 13.0. The summed E-state index contributed by atoms with van der Waals surface area (Å²) in [5.41, 5.74) is 2.70. The molecule has 0 aliphatic carbocycles. The molecule has 1 aliphatic heterocycles. The van der Waals surface area contributed by atoms with Gasteiger partial charge in [0, 0.05) is 19.3 Å². The molecule has 1 aromatic carbocycles. The maximum atomic E-state index is 8.81. The second-order valence-corrected chi connectivity index (χ2v) is 5.37. The van der Waals surface area contributed by atoms with Crippen LogP contribution in [0.5, 0.6) is 0 Å². The van der Waals surface area contributed by atoms with E-state index in [1.165, 1.54) is 0 Å². The number of aromatic amines is 1. The van der Waals surface area contributed by atoms with Crippen molar-refractivity contribution in [3.63, 3.8) is 0 Å². The fourth-order valence-corrected chi connectivity index (χ4v) is 2.73. The van der Waals surface area contributed by atoms with Crippen molar-refractivity contribution in [1.82, 2.24) is 24.6 Å². The quantitative estimate of drug-likeness (QED) is 0.791. The summed E-state index contributed by atoms with van der Waals surface area (Å²) in [6, 6.07) is 10.5. The molecule has 0 atom stereocenters. The van der Waals surface area contributed by atoms with E-state index in [9.17, 15) is 0 Å². The van der Waals surface area contributed by atoms with Gasteiger partial charge < -0.3 is 4.98 Å². The highest BCUT2D eigenvalue weighted by Crippen LogP contribution is 2.23. The SMILES string of the molecule is N#Cc1cnn(C2CN(Cc3nc4ccccc4[nH]3)C2)c1. The Balaban J connectivity index is 1.40. The molecule has 104 valence electrons. The summed E-state index contributed by atoms with van der Waals surface area (Å²) in [4.78, 5) is 10.2. The minimum Gasteiger partial charge on any atom is -0.341 e. The Kier molecular flexibility index (Phi) is 2.72. The first-order chi connectivity index (χ1) is 10.3. The van der Waals surface area contributed by atoms with Gasteiger partial charge in [-0.3, -0.25) is 9.58 Å². The Morgan fingerprint density at radius 2 is 2.19 bits per heavy atom. The Morgan fingerprint density at radius 3 is 2.95 bits per heavy atom. The van der Waals surface area contributed by atoms with Gasteiger partial charge in [-0.1, -0.05) is 12.1 Å². The number of hydrogen-bond acceptors (Lipinski definition) is 4. The van der Waals surface area contributed by atoms with Gasteiger partial charge in [-0.25, -0.2) is 4.98 Å². The largest absolute Gasteiger partial charge is 0.341 e. The molecule has 0 unspecified atom stereocenters. The molecule has 4 rings (SSSR count). The molecule has 1 saturated heterocycles. The third-order valence-corrected chi connectivity index (χ3v) is 3.85. The number of H-pyrrole nitrogens is 1. The van der Waals surface area contributed by atoms with Crippen molar-refractivity contribution in [1.29, 1.82) is 5.26 Å². The first kappa shape index (κ1) is 12.1. The lowest BCUT2D eigenvalue weighted by Gasteiger charge is -2.38. The van der Waals surface area contributed by atoms with Crippen LogP contribution in [-0.2, 0) is 6.54 Å². The zero-order valence-corrected chi connectivity index (χ0v) is 11.4. The maximum absolute atomic E-state index is 8.81. The van der Waals surface area contributed by atoms with E-state index in [1.54, 1.807) is 6.20 Å². The number of nitriles is 1. The van der Waals surface area contributed by atoms with Crippen molar-refractivity contribution in [2.75, 3.05) is 13.1 Å². The van der Waals surface area contributed by atoms with Crippen LogP contribution in [-0.4, -0.2) is 37.7 Å². The molecule has 0 saturated carbocycles. The number of hydrogen-bond donors (Lipinski definition) is 1. The van der Waals surface area contributed by atoms with Crippen LogP contribution in [0.1, 0.15) is 17.4 Å². The second-order valence-electron chi connectivity index (χ2n) is 5.37. The molecular weight excluding hydrogens is 264 g/mol. The number of aromatic nitrogens is 4. The predicted octanol–water partition coefficient (Wildman–Crippen LogP) is 1.69. The second kappa shape index (κ2) is 4.72. The Labute approximate surface area is 121 Å². The highest BCUT2D eigenvalue weighted by Gasteiger charge is 2.29. The van der Waals surface area contributed by atoms with Crippen LogP contribution in [0.25, 0.3) is 11.0 Å². The summed E-state index contributed by atoms with van der Waals surface area (Å²) in [6.07, 6.45) is 3.42. The Morgan fingerprint density at radius 1 is 1.33 bits per heavy atom. The van der Waals surface area contributed by atoms with Gasteiger partial charge in [-0.05, 0) is 12.1 Å². The summed E-state index contributed by atoms with van der Waals surface area (Å²) in [7, 11) is 0. The third-order valence-electron chi connectivity index (χ3n) is 3.85. The number of rotatable bonds is 3. The third kappa shape index (κ3) is 2.18. The minimum atomic E-state index is 0.358. The van der Waals surface area contributed by atoms with Crippen molar-refractivity contribution < 1.29 is 0 Å². The number of fused-ring (bicyclic) bond motifs is 1. The molecule has 3 aromatic rings. The molecule has 0 bridgehead atoms. The molecule has 3 heterocycles. The Bertz CT molecular complexity index is 785. The summed E-state index contributed by atoms with van der Waals surface area (Å²) >= 11 is 0. The number of benzene rings is 1. The number of nitrogens with zero attached hydrogens (tertiary/aromatic N) is 5.